The van der Waals surface area contributed by atoms with Gasteiger partial charge in [0.05, 0.1) is 0 Å². The number of halogens is 3. The lowest BCUT2D eigenvalue weighted by Crippen LogP contribution is -2.27. The fraction of sp³-hybridized carbons (Fsp3) is 0.200. The lowest BCUT2D eigenvalue weighted by molar-refractivity contribution is 0.465. The van der Waals surface area contributed by atoms with E-state index in [4.69, 9.17) is 11.6 Å². The van der Waals surface area contributed by atoms with Gasteiger partial charge >= 0.3 is 5.56 Å². The molecule has 0 bridgehead atoms. The summed E-state index contributed by atoms with van der Waals surface area (Å²) in [5, 5.41) is 4.31. The fourth-order valence-corrected chi connectivity index (χ4v) is 1.80. The van der Waals surface area contributed by atoms with Crippen LogP contribution < -0.4 is 5.56 Å². The predicted octanol–water partition coefficient (Wildman–Crippen LogP) is 3.26. The van der Waals surface area contributed by atoms with E-state index in [1.54, 1.807) is 0 Å². The van der Waals surface area contributed by atoms with Crippen molar-refractivity contribution < 1.29 is 8.78 Å². The Kier molecular flexibility index (Phi) is 4.71. The maximum atomic E-state index is 13.9. The highest BCUT2D eigenvalue weighted by Crippen LogP contribution is 2.22. The van der Waals surface area contributed by atoms with Crippen LogP contribution in [0.5, 0.6) is 0 Å². The Bertz CT molecular complexity index is 773. The van der Waals surface area contributed by atoms with Crippen molar-refractivity contribution in [1.82, 2.24) is 9.78 Å². The molecule has 0 atom stereocenters. The van der Waals surface area contributed by atoms with Crippen LogP contribution in [0.2, 0.25) is 5.02 Å². The van der Waals surface area contributed by atoms with Gasteiger partial charge in [-0.25, -0.2) is 9.07 Å². The molecule has 0 unspecified atom stereocenters. The van der Waals surface area contributed by atoms with Gasteiger partial charge in [-0.1, -0.05) is 36.6 Å². The van der Waals surface area contributed by atoms with Gasteiger partial charge in [0, 0.05) is 17.0 Å². The average molecular weight is 309 g/mol. The number of aromatic nitrogens is 2. The second-order valence-electron chi connectivity index (χ2n) is 4.15. The number of rotatable bonds is 2. The number of benzene rings is 1. The van der Waals surface area contributed by atoms with Crippen molar-refractivity contribution in [2.24, 2.45) is 0 Å². The molecule has 0 amide bonds. The first-order chi connectivity index (χ1) is 10.0. The van der Waals surface area contributed by atoms with Gasteiger partial charge in [-0.05, 0) is 12.1 Å². The van der Waals surface area contributed by atoms with E-state index in [1.165, 1.54) is 24.3 Å². The number of nitrogens with zero attached hydrogens (tertiary/aromatic N) is 2. The largest absolute Gasteiger partial charge is 0.306 e. The lowest BCUT2D eigenvalue weighted by atomic mass is 10.1. The van der Waals surface area contributed by atoms with E-state index in [0.717, 1.165) is 4.68 Å². The third-order valence-corrected chi connectivity index (χ3v) is 2.94. The zero-order chi connectivity index (χ0) is 15.4. The fourth-order valence-electron chi connectivity index (χ4n) is 1.68. The number of hydrogen-bond acceptors (Lipinski definition) is 2. The van der Waals surface area contributed by atoms with Crippen molar-refractivity contribution in [2.75, 3.05) is 0 Å². The molecule has 0 fully saturated rings. The summed E-state index contributed by atoms with van der Waals surface area (Å²) in [5.41, 5.74) is -1.05. The molecule has 0 aliphatic heterocycles. The molecule has 0 aliphatic carbocycles. The first-order valence-electron chi connectivity index (χ1n) is 6.22. The van der Waals surface area contributed by atoms with E-state index in [0.29, 0.717) is 17.0 Å². The molecule has 6 heteroatoms. The zero-order valence-corrected chi connectivity index (χ0v) is 11.9. The normalized spacial score (nSPS) is 10.1. The van der Waals surface area contributed by atoms with Crippen LogP contribution in [0.1, 0.15) is 13.3 Å². The molecule has 0 N–H and O–H groups in total. The quantitative estimate of drug-likeness (QED) is 0.798. The summed E-state index contributed by atoms with van der Waals surface area (Å²) in [4.78, 5) is 11.6. The second-order valence-corrected chi connectivity index (χ2v) is 4.59. The summed E-state index contributed by atoms with van der Waals surface area (Å²) in [7, 11) is 0. The van der Waals surface area contributed by atoms with Crippen molar-refractivity contribution in [3.63, 3.8) is 0 Å². The smallest absolute Gasteiger partial charge is 0.264 e. The molecular formula is C15H11ClF2N2O. The second kappa shape index (κ2) is 6.51. The molecule has 0 radical (unpaired) electrons. The molecule has 0 saturated heterocycles. The Balaban J connectivity index is 2.56. The van der Waals surface area contributed by atoms with E-state index in [9.17, 15) is 13.6 Å². The third kappa shape index (κ3) is 3.29. The third-order valence-electron chi connectivity index (χ3n) is 2.69. The topological polar surface area (TPSA) is 34.9 Å². The Morgan fingerprint density at radius 1 is 1.19 bits per heavy atom. The van der Waals surface area contributed by atoms with Gasteiger partial charge in [-0.15, -0.1) is 5.92 Å². The van der Waals surface area contributed by atoms with Crippen molar-refractivity contribution in [3.05, 3.63) is 51.3 Å². The standard InChI is InChI=1S/C15H11ClF2N2O/c1-2-3-4-9-20-15(21)13(18)12(17)14(19-20)10-5-7-11(16)8-6-10/h5-8H,2,9H2,1H3. The molecule has 3 nitrogen and oxygen atoms in total. The predicted molar refractivity (Wildman–Crippen MR) is 76.9 cm³/mol. The molecule has 1 heterocycles. The van der Waals surface area contributed by atoms with Crippen molar-refractivity contribution >= 4 is 11.6 Å². The van der Waals surface area contributed by atoms with Crippen LogP contribution in [0.3, 0.4) is 0 Å². The maximum Gasteiger partial charge on any atom is 0.306 e. The summed E-state index contributed by atoms with van der Waals surface area (Å²) in [6.45, 7) is 1.75. The minimum Gasteiger partial charge on any atom is -0.264 e. The lowest BCUT2D eigenvalue weighted by Gasteiger charge is -2.07. The summed E-state index contributed by atoms with van der Waals surface area (Å²) < 4.78 is 28.4. The van der Waals surface area contributed by atoms with Crippen LogP contribution in [-0.4, -0.2) is 9.78 Å². The minimum absolute atomic E-state index is 0.0928. The molecule has 21 heavy (non-hydrogen) atoms. The van der Waals surface area contributed by atoms with E-state index in [-0.39, 0.29) is 12.2 Å². The molecule has 2 rings (SSSR count). The highest BCUT2D eigenvalue weighted by atomic mass is 35.5. The van der Waals surface area contributed by atoms with Gasteiger partial charge in [0.2, 0.25) is 5.82 Å². The summed E-state index contributed by atoms with van der Waals surface area (Å²) in [6, 6.07) is 6.06. The Morgan fingerprint density at radius 3 is 2.48 bits per heavy atom. The molecule has 0 saturated carbocycles. The SMILES string of the molecule is CCC#CCn1nc(-c2ccc(Cl)cc2)c(F)c(F)c1=O. The van der Waals surface area contributed by atoms with Gasteiger partial charge in [0.15, 0.2) is 5.82 Å². The summed E-state index contributed by atoms with van der Waals surface area (Å²) >= 11 is 5.75. The molecule has 1 aromatic carbocycles. The Morgan fingerprint density at radius 2 is 1.86 bits per heavy atom. The van der Waals surface area contributed by atoms with Crippen LogP contribution in [0.4, 0.5) is 8.78 Å². The number of hydrogen-bond donors (Lipinski definition) is 0. The van der Waals surface area contributed by atoms with Crippen LogP contribution in [0, 0.1) is 23.5 Å². The van der Waals surface area contributed by atoms with Crippen LogP contribution in [-0.2, 0) is 6.54 Å². The molecule has 0 spiro atoms. The van der Waals surface area contributed by atoms with Crippen LogP contribution in [0.15, 0.2) is 29.1 Å². The molecule has 1 aromatic heterocycles. The van der Waals surface area contributed by atoms with Gasteiger partial charge in [0.1, 0.15) is 12.2 Å². The zero-order valence-electron chi connectivity index (χ0n) is 11.2. The molecular weight excluding hydrogens is 298 g/mol. The first kappa shape index (κ1) is 15.2. The van der Waals surface area contributed by atoms with E-state index >= 15 is 0 Å². The van der Waals surface area contributed by atoms with Gasteiger partial charge < -0.3 is 0 Å². The van der Waals surface area contributed by atoms with E-state index in [1.807, 2.05) is 6.92 Å². The minimum atomic E-state index is -1.46. The molecule has 108 valence electrons. The van der Waals surface area contributed by atoms with Crippen molar-refractivity contribution in [1.29, 1.82) is 0 Å². The first-order valence-corrected chi connectivity index (χ1v) is 6.60. The Labute approximate surface area is 125 Å². The van der Waals surface area contributed by atoms with E-state index < -0.39 is 17.2 Å². The molecule has 0 aliphatic rings. The van der Waals surface area contributed by atoms with Crippen molar-refractivity contribution in [2.45, 2.75) is 19.9 Å². The van der Waals surface area contributed by atoms with Crippen LogP contribution in [0.25, 0.3) is 11.3 Å². The van der Waals surface area contributed by atoms with Crippen LogP contribution >= 0.6 is 11.6 Å². The Hall–Kier alpha value is -2.19. The summed E-state index contributed by atoms with van der Waals surface area (Å²) in [5.74, 6) is 2.67. The van der Waals surface area contributed by atoms with Gasteiger partial charge in [-0.3, -0.25) is 4.79 Å². The summed E-state index contributed by atoms with van der Waals surface area (Å²) in [6.07, 6.45) is 0.600. The van der Waals surface area contributed by atoms with E-state index in [2.05, 4.69) is 16.9 Å². The monoisotopic (exact) mass is 308 g/mol. The molecule has 2 aromatic rings. The highest BCUT2D eigenvalue weighted by molar-refractivity contribution is 6.30. The van der Waals surface area contributed by atoms with Gasteiger partial charge in [0.25, 0.3) is 0 Å². The highest BCUT2D eigenvalue weighted by Gasteiger charge is 2.18. The van der Waals surface area contributed by atoms with Crippen molar-refractivity contribution in [3.8, 4) is 23.1 Å². The maximum absolute atomic E-state index is 13.9. The van der Waals surface area contributed by atoms with Gasteiger partial charge in [-0.2, -0.15) is 9.49 Å². The average Bonchev–Trinajstić information content (AvgIpc) is 2.48.